The van der Waals surface area contributed by atoms with Crippen LogP contribution < -0.4 is 21.1 Å². The van der Waals surface area contributed by atoms with Gasteiger partial charge >= 0.3 is 0 Å². The highest BCUT2D eigenvalue weighted by Gasteiger charge is 2.28. The molecule has 43 heavy (non-hydrogen) atoms. The van der Waals surface area contributed by atoms with Crippen molar-refractivity contribution in [2.24, 2.45) is 11.8 Å². The summed E-state index contributed by atoms with van der Waals surface area (Å²) in [4.78, 5) is 38.6. The number of carbonyl (C=O) groups excluding carboxylic acids is 2. The van der Waals surface area contributed by atoms with E-state index in [2.05, 4.69) is 32.2 Å². The average Bonchev–Trinajstić information content (AvgIpc) is 3.02. The highest BCUT2D eigenvalue weighted by Crippen LogP contribution is 2.32. The molecule has 0 bridgehead atoms. The molecule has 0 aliphatic carbocycles. The maximum Gasteiger partial charge on any atom is 0.245 e. The fourth-order valence-corrected chi connectivity index (χ4v) is 5.14. The number of rotatable bonds is 9. The lowest BCUT2D eigenvalue weighted by Gasteiger charge is -2.32. The molecular formula is C30H33FN8O4. The lowest BCUT2D eigenvalue weighted by molar-refractivity contribution is -0.127. The Bertz CT molecular complexity index is 1520. The fraction of sp³-hybridized carbons (Fsp3) is 0.333. The summed E-state index contributed by atoms with van der Waals surface area (Å²) in [5.74, 6) is 0.0514. The van der Waals surface area contributed by atoms with E-state index in [1.165, 1.54) is 30.7 Å². The normalized spacial score (nSPS) is 15.9. The molecule has 0 unspecified atom stereocenters. The lowest BCUT2D eigenvalue weighted by atomic mass is 9.88. The van der Waals surface area contributed by atoms with E-state index in [4.69, 9.17) is 20.6 Å². The SMILES string of the molecule is C=CC(=O)N1CCC(C(=N)c2c(N)ncnc2Nc2ccc(Oc3ccnc(NC(=O)C4CCOCC4)c3)cc2F)CC1. The quantitative estimate of drug-likeness (QED) is 0.210. The van der Waals surface area contributed by atoms with Gasteiger partial charge in [0.25, 0.3) is 0 Å². The second kappa shape index (κ2) is 13.4. The third-order valence-electron chi connectivity index (χ3n) is 7.54. The lowest BCUT2D eigenvalue weighted by Crippen LogP contribution is -2.39. The van der Waals surface area contributed by atoms with Gasteiger partial charge in [-0.2, -0.15) is 0 Å². The third kappa shape index (κ3) is 7.12. The predicted molar refractivity (Wildman–Crippen MR) is 159 cm³/mol. The number of ether oxygens (including phenoxy) is 2. The van der Waals surface area contributed by atoms with Crippen LogP contribution in [-0.2, 0) is 14.3 Å². The average molecular weight is 589 g/mol. The number of likely N-dealkylation sites (tertiary alicyclic amines) is 1. The van der Waals surface area contributed by atoms with E-state index in [0.29, 0.717) is 69.1 Å². The van der Waals surface area contributed by atoms with Gasteiger partial charge in [-0.25, -0.2) is 19.3 Å². The first kappa shape index (κ1) is 29.6. The molecule has 2 aliphatic rings. The molecule has 12 nitrogen and oxygen atoms in total. The minimum atomic E-state index is -0.620. The number of nitrogens with two attached hydrogens (primary N) is 1. The van der Waals surface area contributed by atoms with Crippen LogP contribution in [0.25, 0.3) is 0 Å². The van der Waals surface area contributed by atoms with Gasteiger partial charge in [0.2, 0.25) is 11.8 Å². The summed E-state index contributed by atoms with van der Waals surface area (Å²) < 4.78 is 26.4. The van der Waals surface area contributed by atoms with Crippen molar-refractivity contribution in [3.63, 3.8) is 0 Å². The number of nitrogen functional groups attached to an aromatic ring is 1. The number of benzene rings is 1. The summed E-state index contributed by atoms with van der Waals surface area (Å²) in [5, 5.41) is 14.6. The van der Waals surface area contributed by atoms with Crippen LogP contribution in [0.1, 0.15) is 31.2 Å². The number of nitrogens with zero attached hydrogens (tertiary/aromatic N) is 4. The molecule has 5 rings (SSSR count). The number of hydrogen-bond donors (Lipinski definition) is 4. The van der Waals surface area contributed by atoms with Gasteiger partial charge in [-0.15, -0.1) is 0 Å². The number of hydrogen-bond acceptors (Lipinski definition) is 10. The van der Waals surface area contributed by atoms with Crippen molar-refractivity contribution in [3.05, 3.63) is 66.9 Å². The Labute approximate surface area is 248 Å². The maximum absolute atomic E-state index is 15.2. The predicted octanol–water partition coefficient (Wildman–Crippen LogP) is 4.29. The van der Waals surface area contributed by atoms with Crippen LogP contribution in [0.5, 0.6) is 11.5 Å². The Morgan fingerprint density at radius 1 is 1.07 bits per heavy atom. The zero-order valence-electron chi connectivity index (χ0n) is 23.5. The van der Waals surface area contributed by atoms with Crippen molar-refractivity contribution in [1.29, 1.82) is 5.41 Å². The fourth-order valence-electron chi connectivity index (χ4n) is 5.14. The molecule has 5 N–H and O–H groups in total. The first-order valence-electron chi connectivity index (χ1n) is 14.0. The number of aromatic nitrogens is 3. The largest absolute Gasteiger partial charge is 0.457 e. The minimum absolute atomic E-state index is 0.102. The van der Waals surface area contributed by atoms with E-state index in [0.717, 1.165) is 0 Å². The topological polar surface area (TPSA) is 168 Å². The first-order valence-corrected chi connectivity index (χ1v) is 14.0. The molecule has 0 spiro atoms. The Kier molecular flexibility index (Phi) is 9.20. The second-order valence-corrected chi connectivity index (χ2v) is 10.3. The Morgan fingerprint density at radius 3 is 2.53 bits per heavy atom. The highest BCUT2D eigenvalue weighted by atomic mass is 19.1. The molecule has 224 valence electrons. The highest BCUT2D eigenvalue weighted by molar-refractivity contribution is 6.07. The van der Waals surface area contributed by atoms with Crippen LogP contribution in [0.2, 0.25) is 0 Å². The van der Waals surface area contributed by atoms with Gasteiger partial charge in [0.15, 0.2) is 0 Å². The monoisotopic (exact) mass is 588 g/mol. The molecule has 0 saturated carbocycles. The van der Waals surface area contributed by atoms with Crippen molar-refractivity contribution in [2.75, 3.05) is 42.7 Å². The molecule has 13 heteroatoms. The Balaban J connectivity index is 1.25. The van der Waals surface area contributed by atoms with E-state index in [1.807, 2.05) is 0 Å². The number of anilines is 4. The van der Waals surface area contributed by atoms with E-state index in [9.17, 15) is 9.59 Å². The van der Waals surface area contributed by atoms with Gasteiger partial charge in [-0.05, 0) is 50.0 Å². The summed E-state index contributed by atoms with van der Waals surface area (Å²) in [6, 6.07) is 7.46. The standard InChI is InChI=1S/C30H33FN8O4/c1-2-25(40)39-11-6-18(7-12-39)27(32)26-28(33)35-17-36-29(26)37-23-4-3-20(15-22(23)31)43-21-5-10-34-24(16-21)38-30(41)19-8-13-42-14-9-19/h2-5,10,15-19,32H,1,6-9,11-14H2,(H,34,38,41)(H3,33,35,36,37). The number of nitrogens with one attached hydrogen (secondary N) is 3. The van der Waals surface area contributed by atoms with Crippen LogP contribution in [0.15, 0.2) is 55.5 Å². The number of pyridine rings is 1. The smallest absolute Gasteiger partial charge is 0.245 e. The summed E-state index contributed by atoms with van der Waals surface area (Å²) in [5.41, 5.74) is 6.77. The van der Waals surface area contributed by atoms with Gasteiger partial charge in [-0.1, -0.05) is 6.58 Å². The molecule has 0 radical (unpaired) electrons. The van der Waals surface area contributed by atoms with Gasteiger partial charge < -0.3 is 36.2 Å². The summed E-state index contributed by atoms with van der Waals surface area (Å²) in [6.45, 7) is 5.62. The van der Waals surface area contributed by atoms with Crippen LogP contribution in [0.4, 0.5) is 27.5 Å². The minimum Gasteiger partial charge on any atom is -0.457 e. The molecule has 0 atom stereocenters. The van der Waals surface area contributed by atoms with Crippen molar-refractivity contribution < 1.29 is 23.5 Å². The molecule has 2 fully saturated rings. The molecule has 2 aliphatic heterocycles. The Morgan fingerprint density at radius 2 is 1.81 bits per heavy atom. The van der Waals surface area contributed by atoms with E-state index >= 15 is 4.39 Å². The van der Waals surface area contributed by atoms with E-state index in [1.54, 1.807) is 23.1 Å². The molecule has 4 heterocycles. The van der Waals surface area contributed by atoms with E-state index in [-0.39, 0.29) is 52.4 Å². The van der Waals surface area contributed by atoms with Crippen molar-refractivity contribution in [3.8, 4) is 11.5 Å². The van der Waals surface area contributed by atoms with Crippen molar-refractivity contribution >= 4 is 40.7 Å². The van der Waals surface area contributed by atoms with Gasteiger partial charge in [0.1, 0.15) is 41.1 Å². The summed E-state index contributed by atoms with van der Waals surface area (Å²) in [7, 11) is 0. The van der Waals surface area contributed by atoms with Crippen LogP contribution in [0.3, 0.4) is 0 Å². The van der Waals surface area contributed by atoms with Gasteiger partial charge in [-0.3, -0.25) is 9.59 Å². The zero-order chi connectivity index (χ0) is 30.3. The molecule has 1 aromatic carbocycles. The number of carbonyl (C=O) groups is 2. The molecule has 2 saturated heterocycles. The van der Waals surface area contributed by atoms with Crippen molar-refractivity contribution in [1.82, 2.24) is 19.9 Å². The van der Waals surface area contributed by atoms with Gasteiger partial charge in [0, 0.05) is 62.2 Å². The zero-order valence-corrected chi connectivity index (χ0v) is 23.5. The summed E-state index contributed by atoms with van der Waals surface area (Å²) in [6.07, 6.45) is 6.48. The summed E-state index contributed by atoms with van der Waals surface area (Å²) >= 11 is 0. The molecular weight excluding hydrogens is 555 g/mol. The number of piperidine rings is 1. The van der Waals surface area contributed by atoms with Gasteiger partial charge in [0.05, 0.1) is 11.3 Å². The van der Waals surface area contributed by atoms with E-state index < -0.39 is 5.82 Å². The number of amides is 2. The maximum atomic E-state index is 15.2. The first-order chi connectivity index (χ1) is 20.8. The molecule has 2 aromatic heterocycles. The van der Waals surface area contributed by atoms with Crippen LogP contribution in [-0.4, -0.2) is 63.7 Å². The Hall–Kier alpha value is -4.91. The van der Waals surface area contributed by atoms with Crippen molar-refractivity contribution in [2.45, 2.75) is 25.7 Å². The van der Waals surface area contributed by atoms with Crippen LogP contribution >= 0.6 is 0 Å². The number of halogens is 1. The van der Waals surface area contributed by atoms with Crippen LogP contribution in [0, 0.1) is 23.1 Å². The second-order valence-electron chi connectivity index (χ2n) is 10.3. The third-order valence-corrected chi connectivity index (χ3v) is 7.54. The molecule has 3 aromatic rings. The molecule has 2 amide bonds.